The lowest BCUT2D eigenvalue weighted by Crippen LogP contribution is -2.27. The molecule has 0 saturated heterocycles. The summed E-state index contributed by atoms with van der Waals surface area (Å²) in [6, 6.07) is 10.9. The molecule has 0 amide bonds. The minimum Gasteiger partial charge on any atom is -0.383 e. The Morgan fingerprint density at radius 3 is 3.00 bits per heavy atom. The Bertz CT molecular complexity index is 534. The summed E-state index contributed by atoms with van der Waals surface area (Å²) in [6.07, 6.45) is 6.42. The number of hydrogen-bond donors (Lipinski definition) is 1. The maximum atomic E-state index is 5.32. The van der Waals surface area contributed by atoms with Crippen molar-refractivity contribution in [3.05, 3.63) is 48.3 Å². The van der Waals surface area contributed by atoms with Gasteiger partial charge in [-0.05, 0) is 42.5 Å². The van der Waals surface area contributed by atoms with Crippen LogP contribution in [0.15, 0.2) is 42.7 Å². The first-order valence-corrected chi connectivity index (χ1v) is 7.17. The fourth-order valence-corrected chi connectivity index (χ4v) is 2.53. The van der Waals surface area contributed by atoms with E-state index >= 15 is 0 Å². The fraction of sp³-hybridized carbons (Fsp3) is 0.438. The first kappa shape index (κ1) is 13.2. The number of benzene rings is 1. The highest BCUT2D eigenvalue weighted by atomic mass is 16.5. The van der Waals surface area contributed by atoms with Crippen LogP contribution < -0.4 is 5.32 Å². The zero-order valence-electron chi connectivity index (χ0n) is 11.8. The van der Waals surface area contributed by atoms with Crippen molar-refractivity contribution in [1.29, 1.82) is 0 Å². The smallest absolute Gasteiger partial charge is 0.0666 e. The quantitative estimate of drug-likeness (QED) is 0.841. The van der Waals surface area contributed by atoms with E-state index in [9.17, 15) is 0 Å². The van der Waals surface area contributed by atoms with Gasteiger partial charge >= 0.3 is 0 Å². The largest absolute Gasteiger partial charge is 0.383 e. The predicted molar refractivity (Wildman–Crippen MR) is 79.8 cm³/mol. The van der Waals surface area contributed by atoms with E-state index in [2.05, 4.69) is 34.7 Å². The fourth-order valence-electron chi connectivity index (χ4n) is 2.53. The van der Waals surface area contributed by atoms with E-state index in [1.54, 1.807) is 7.11 Å². The summed E-state index contributed by atoms with van der Waals surface area (Å²) in [5.74, 6) is 0.768. The molecule has 1 aliphatic rings. The third kappa shape index (κ3) is 3.39. The van der Waals surface area contributed by atoms with E-state index in [4.69, 9.17) is 4.74 Å². The predicted octanol–water partition coefficient (Wildman–Crippen LogP) is 2.77. The van der Waals surface area contributed by atoms with E-state index in [0.29, 0.717) is 6.04 Å². The van der Waals surface area contributed by atoms with Crippen molar-refractivity contribution in [2.75, 3.05) is 19.0 Å². The average molecular weight is 271 g/mol. The highest BCUT2D eigenvalue weighted by Gasteiger charge is 2.31. The Morgan fingerprint density at radius 2 is 2.30 bits per heavy atom. The molecule has 4 heteroatoms. The zero-order chi connectivity index (χ0) is 13.8. The second kappa shape index (κ2) is 6.09. The van der Waals surface area contributed by atoms with Crippen molar-refractivity contribution in [3.63, 3.8) is 0 Å². The molecule has 0 radical (unpaired) electrons. The van der Waals surface area contributed by atoms with Crippen LogP contribution in [0.25, 0.3) is 0 Å². The van der Waals surface area contributed by atoms with Gasteiger partial charge in [-0.25, -0.2) is 0 Å². The van der Waals surface area contributed by atoms with Gasteiger partial charge in [-0.3, -0.25) is 4.68 Å². The van der Waals surface area contributed by atoms with Crippen LogP contribution in [0.1, 0.15) is 18.4 Å². The van der Waals surface area contributed by atoms with Crippen LogP contribution in [0.4, 0.5) is 5.69 Å². The van der Waals surface area contributed by atoms with Gasteiger partial charge in [0, 0.05) is 25.2 Å². The maximum Gasteiger partial charge on any atom is 0.0666 e. The van der Waals surface area contributed by atoms with Gasteiger partial charge in [0.05, 0.1) is 19.2 Å². The topological polar surface area (TPSA) is 39.1 Å². The zero-order valence-corrected chi connectivity index (χ0v) is 11.8. The highest BCUT2D eigenvalue weighted by Crippen LogP contribution is 2.34. The Kier molecular flexibility index (Phi) is 4.02. The monoisotopic (exact) mass is 271 g/mol. The van der Waals surface area contributed by atoms with E-state index in [1.165, 1.54) is 24.1 Å². The van der Waals surface area contributed by atoms with Gasteiger partial charge < -0.3 is 10.1 Å². The second-order valence-corrected chi connectivity index (χ2v) is 5.45. The molecule has 1 N–H and O–H groups in total. The summed E-state index contributed by atoms with van der Waals surface area (Å²) in [5.41, 5.74) is 2.43. The van der Waals surface area contributed by atoms with Crippen molar-refractivity contribution in [3.8, 4) is 0 Å². The molecule has 2 aromatic rings. The standard InChI is InChI=1S/C16H21N3O/c1-20-12-16(14-6-7-14)18-15-5-2-4-13(10-15)11-19-9-3-8-17-19/h2-5,8-10,14,16,18H,6-7,11-12H2,1H3. The lowest BCUT2D eigenvalue weighted by molar-refractivity contribution is 0.179. The molecule has 1 aliphatic carbocycles. The number of nitrogens with one attached hydrogen (secondary N) is 1. The molecule has 0 spiro atoms. The van der Waals surface area contributed by atoms with Crippen LogP contribution >= 0.6 is 0 Å². The van der Waals surface area contributed by atoms with Gasteiger partial charge in [-0.15, -0.1) is 0 Å². The normalized spacial score (nSPS) is 16.1. The van der Waals surface area contributed by atoms with Crippen molar-refractivity contribution >= 4 is 5.69 Å². The van der Waals surface area contributed by atoms with Gasteiger partial charge in [-0.2, -0.15) is 5.10 Å². The molecule has 1 atom stereocenters. The lowest BCUT2D eigenvalue weighted by Gasteiger charge is -2.19. The maximum absolute atomic E-state index is 5.32. The van der Waals surface area contributed by atoms with Crippen molar-refractivity contribution in [2.45, 2.75) is 25.4 Å². The van der Waals surface area contributed by atoms with E-state index < -0.39 is 0 Å². The van der Waals surface area contributed by atoms with E-state index in [1.807, 2.05) is 23.1 Å². The van der Waals surface area contributed by atoms with Crippen LogP contribution in [-0.2, 0) is 11.3 Å². The Balaban J connectivity index is 1.67. The summed E-state index contributed by atoms with van der Waals surface area (Å²) in [4.78, 5) is 0. The molecule has 4 nitrogen and oxygen atoms in total. The molecule has 1 unspecified atom stereocenters. The number of nitrogens with zero attached hydrogens (tertiary/aromatic N) is 2. The molecule has 106 valence electrons. The number of aromatic nitrogens is 2. The molecular weight excluding hydrogens is 250 g/mol. The van der Waals surface area contributed by atoms with Gasteiger partial charge in [-0.1, -0.05) is 12.1 Å². The van der Waals surface area contributed by atoms with Crippen molar-refractivity contribution in [2.24, 2.45) is 5.92 Å². The minimum absolute atomic E-state index is 0.431. The molecule has 1 aromatic heterocycles. The molecule has 1 fully saturated rings. The van der Waals surface area contributed by atoms with E-state index in [0.717, 1.165) is 19.1 Å². The Hall–Kier alpha value is -1.81. The van der Waals surface area contributed by atoms with Crippen molar-refractivity contribution in [1.82, 2.24) is 9.78 Å². The lowest BCUT2D eigenvalue weighted by atomic mass is 10.1. The third-order valence-corrected chi connectivity index (χ3v) is 3.72. The molecule has 1 aromatic carbocycles. The minimum atomic E-state index is 0.431. The third-order valence-electron chi connectivity index (χ3n) is 3.72. The van der Waals surface area contributed by atoms with Gasteiger partial charge in [0.2, 0.25) is 0 Å². The number of rotatable bonds is 7. The summed E-state index contributed by atoms with van der Waals surface area (Å²) >= 11 is 0. The number of hydrogen-bond acceptors (Lipinski definition) is 3. The van der Waals surface area contributed by atoms with Crippen LogP contribution in [0.3, 0.4) is 0 Å². The molecule has 0 aliphatic heterocycles. The SMILES string of the molecule is COCC(Nc1cccc(Cn2cccn2)c1)C1CC1. The highest BCUT2D eigenvalue weighted by molar-refractivity contribution is 5.47. The van der Waals surface area contributed by atoms with E-state index in [-0.39, 0.29) is 0 Å². The summed E-state index contributed by atoms with van der Waals surface area (Å²) in [6.45, 7) is 1.58. The molecule has 1 heterocycles. The first-order chi connectivity index (χ1) is 9.85. The number of methoxy groups -OCH3 is 1. The second-order valence-electron chi connectivity index (χ2n) is 5.45. The van der Waals surface area contributed by atoms with Crippen LogP contribution in [0, 0.1) is 5.92 Å². The van der Waals surface area contributed by atoms with Gasteiger partial charge in [0.1, 0.15) is 0 Å². The van der Waals surface area contributed by atoms with Gasteiger partial charge in [0.15, 0.2) is 0 Å². The molecule has 0 bridgehead atoms. The van der Waals surface area contributed by atoms with Crippen molar-refractivity contribution < 1.29 is 4.74 Å². The number of ether oxygens (including phenoxy) is 1. The van der Waals surface area contributed by atoms with Crippen LogP contribution in [0.2, 0.25) is 0 Å². The Morgan fingerprint density at radius 1 is 1.40 bits per heavy atom. The summed E-state index contributed by atoms with van der Waals surface area (Å²) < 4.78 is 7.25. The summed E-state index contributed by atoms with van der Waals surface area (Å²) in [5, 5.41) is 7.85. The average Bonchev–Trinajstić information content (AvgIpc) is 3.18. The molecule has 20 heavy (non-hydrogen) atoms. The first-order valence-electron chi connectivity index (χ1n) is 7.17. The molecule has 1 saturated carbocycles. The molecule has 3 rings (SSSR count). The summed E-state index contributed by atoms with van der Waals surface area (Å²) in [7, 11) is 1.77. The van der Waals surface area contributed by atoms with Gasteiger partial charge in [0.25, 0.3) is 0 Å². The van der Waals surface area contributed by atoms with Crippen LogP contribution in [-0.4, -0.2) is 29.5 Å². The van der Waals surface area contributed by atoms with Crippen LogP contribution in [0.5, 0.6) is 0 Å². The molecular formula is C16H21N3O. The number of anilines is 1. The Labute approximate surface area is 119 Å².